The summed E-state index contributed by atoms with van der Waals surface area (Å²) >= 11 is 0. The Hall–Kier alpha value is -1.43. The molecule has 1 aromatic carbocycles. The molecule has 5 heteroatoms. The van der Waals surface area contributed by atoms with Crippen molar-refractivity contribution in [2.45, 2.75) is 0 Å². The summed E-state index contributed by atoms with van der Waals surface area (Å²) in [6.45, 7) is 0. The molecule has 1 atom stereocenters. The Labute approximate surface area is 68.7 Å². The second-order valence-electron chi connectivity index (χ2n) is 2.18. The summed E-state index contributed by atoms with van der Waals surface area (Å²) < 4.78 is 0. The van der Waals surface area contributed by atoms with Gasteiger partial charge < -0.3 is 10.4 Å². The Morgan fingerprint density at radius 1 is 1.50 bits per heavy atom. The molecule has 0 aliphatic rings. The molecule has 1 aromatic rings. The van der Waals surface area contributed by atoms with E-state index in [-0.39, 0.29) is 5.69 Å². The minimum atomic E-state index is -0.997. The van der Waals surface area contributed by atoms with Crippen LogP contribution in [0.2, 0.25) is 0 Å². The number of rotatable bonds is 2. The SMILES string of the molecule is [O-][NH+](O)c1cccc(C=NO)c1. The molecule has 0 saturated carbocycles. The molecule has 0 aliphatic carbocycles. The zero-order valence-electron chi connectivity index (χ0n) is 6.14. The first-order valence-electron chi connectivity index (χ1n) is 3.25. The van der Waals surface area contributed by atoms with Gasteiger partial charge in [-0.2, -0.15) is 5.23 Å². The lowest BCUT2D eigenvalue weighted by atomic mass is 10.2. The van der Waals surface area contributed by atoms with Crippen LogP contribution in [0, 0.1) is 5.21 Å². The van der Waals surface area contributed by atoms with Gasteiger partial charge in [-0.1, -0.05) is 17.3 Å². The molecule has 0 radical (unpaired) electrons. The molecular weight excluding hydrogens is 160 g/mol. The van der Waals surface area contributed by atoms with Crippen molar-refractivity contribution in [2.75, 3.05) is 0 Å². The number of hydrogen-bond acceptors (Lipinski definition) is 4. The third kappa shape index (κ3) is 2.03. The van der Waals surface area contributed by atoms with Gasteiger partial charge in [0.25, 0.3) is 0 Å². The molecule has 5 nitrogen and oxygen atoms in total. The summed E-state index contributed by atoms with van der Waals surface area (Å²) in [6.07, 6.45) is 1.17. The van der Waals surface area contributed by atoms with Crippen LogP contribution in [-0.2, 0) is 0 Å². The summed E-state index contributed by atoms with van der Waals surface area (Å²) in [7, 11) is 0. The molecule has 1 unspecified atom stereocenters. The third-order valence-electron chi connectivity index (χ3n) is 1.34. The van der Waals surface area contributed by atoms with Crippen LogP contribution in [0.15, 0.2) is 29.4 Å². The van der Waals surface area contributed by atoms with E-state index < -0.39 is 5.23 Å². The lowest BCUT2D eigenvalue weighted by molar-refractivity contribution is -0.991. The van der Waals surface area contributed by atoms with E-state index in [1.165, 1.54) is 18.3 Å². The Balaban J connectivity index is 2.95. The van der Waals surface area contributed by atoms with Gasteiger partial charge in [-0.3, -0.25) is 0 Å². The number of oxime groups is 1. The normalized spacial score (nSPS) is 13.5. The number of hydrogen-bond donors (Lipinski definition) is 3. The second-order valence-corrected chi connectivity index (χ2v) is 2.18. The molecular formula is C7H8N2O3. The molecule has 0 aromatic heterocycles. The molecule has 1 rings (SSSR count). The van der Waals surface area contributed by atoms with E-state index in [2.05, 4.69) is 5.16 Å². The van der Waals surface area contributed by atoms with Crippen molar-refractivity contribution in [1.29, 1.82) is 0 Å². The highest BCUT2D eigenvalue weighted by atomic mass is 16.8. The fourth-order valence-corrected chi connectivity index (χ4v) is 0.819. The number of quaternary nitrogens is 1. The maximum Gasteiger partial charge on any atom is 0.164 e. The summed E-state index contributed by atoms with van der Waals surface area (Å²) in [6, 6.07) is 6.12. The predicted octanol–water partition coefficient (Wildman–Crippen LogP) is -0.102. The monoisotopic (exact) mass is 168 g/mol. The molecule has 0 heterocycles. The van der Waals surface area contributed by atoms with Gasteiger partial charge in [0, 0.05) is 17.7 Å². The van der Waals surface area contributed by atoms with E-state index in [4.69, 9.17) is 10.4 Å². The largest absolute Gasteiger partial charge is 0.595 e. The van der Waals surface area contributed by atoms with Crippen LogP contribution >= 0.6 is 0 Å². The number of nitrogens with one attached hydrogen (secondary N) is 1. The highest BCUT2D eigenvalue weighted by molar-refractivity contribution is 5.79. The van der Waals surface area contributed by atoms with Crippen molar-refractivity contribution >= 4 is 11.9 Å². The van der Waals surface area contributed by atoms with Gasteiger partial charge in [0.2, 0.25) is 0 Å². The second kappa shape index (κ2) is 3.82. The summed E-state index contributed by atoms with van der Waals surface area (Å²) in [4.78, 5) is 0. The number of benzene rings is 1. The average molecular weight is 168 g/mol. The third-order valence-corrected chi connectivity index (χ3v) is 1.34. The van der Waals surface area contributed by atoms with E-state index in [1.807, 2.05) is 0 Å². The van der Waals surface area contributed by atoms with E-state index in [0.29, 0.717) is 5.56 Å². The van der Waals surface area contributed by atoms with Crippen molar-refractivity contribution in [2.24, 2.45) is 5.16 Å². The molecule has 0 amide bonds. The van der Waals surface area contributed by atoms with Gasteiger partial charge in [-0.05, 0) is 0 Å². The molecule has 0 spiro atoms. The van der Waals surface area contributed by atoms with Gasteiger partial charge >= 0.3 is 0 Å². The standard InChI is InChI=1S/C7H8N2O3/c10-8-5-6-2-1-3-7(4-6)9(11)12/h1-5,9-11H. The van der Waals surface area contributed by atoms with Crippen molar-refractivity contribution in [3.05, 3.63) is 35.0 Å². The van der Waals surface area contributed by atoms with Crippen LogP contribution in [-0.4, -0.2) is 16.6 Å². The lowest BCUT2D eigenvalue weighted by Gasteiger charge is -2.10. The van der Waals surface area contributed by atoms with E-state index in [0.717, 1.165) is 0 Å². The molecule has 0 aliphatic heterocycles. The van der Waals surface area contributed by atoms with Crippen molar-refractivity contribution in [3.8, 4) is 0 Å². The molecule has 0 bridgehead atoms. The lowest BCUT2D eigenvalue weighted by Crippen LogP contribution is -2.99. The Bertz CT molecular complexity index is 286. The van der Waals surface area contributed by atoms with Crippen molar-refractivity contribution < 1.29 is 15.6 Å². The van der Waals surface area contributed by atoms with Gasteiger partial charge in [0.15, 0.2) is 5.69 Å². The first-order valence-corrected chi connectivity index (χ1v) is 3.25. The topological polar surface area (TPSA) is 80.3 Å². The van der Waals surface area contributed by atoms with Crippen molar-refractivity contribution in [1.82, 2.24) is 0 Å². The average Bonchev–Trinajstić information content (AvgIpc) is 2.05. The summed E-state index contributed by atoms with van der Waals surface area (Å²) in [5, 5.41) is 29.0. The number of nitrogens with zero attached hydrogens (tertiary/aromatic N) is 1. The van der Waals surface area contributed by atoms with Crippen LogP contribution in [0.5, 0.6) is 0 Å². The van der Waals surface area contributed by atoms with Crippen LogP contribution < -0.4 is 5.23 Å². The molecule has 64 valence electrons. The minimum Gasteiger partial charge on any atom is -0.595 e. The molecule has 0 saturated heterocycles. The first-order chi connectivity index (χ1) is 5.74. The fourth-order valence-electron chi connectivity index (χ4n) is 0.819. The van der Waals surface area contributed by atoms with E-state index in [9.17, 15) is 5.21 Å². The predicted molar refractivity (Wildman–Crippen MR) is 41.6 cm³/mol. The molecule has 0 fully saturated rings. The van der Waals surface area contributed by atoms with Gasteiger partial charge in [0.1, 0.15) is 0 Å². The Morgan fingerprint density at radius 2 is 2.25 bits per heavy atom. The Kier molecular flexibility index (Phi) is 2.76. The fraction of sp³-hybridized carbons (Fsp3) is 0. The zero-order chi connectivity index (χ0) is 8.97. The summed E-state index contributed by atoms with van der Waals surface area (Å²) in [5.41, 5.74) is 0.727. The van der Waals surface area contributed by atoms with Crippen LogP contribution in [0.3, 0.4) is 0 Å². The quantitative estimate of drug-likeness (QED) is 0.327. The highest BCUT2D eigenvalue weighted by Crippen LogP contribution is 2.03. The molecule has 3 N–H and O–H groups in total. The van der Waals surface area contributed by atoms with Gasteiger partial charge in [-0.25, -0.2) is 5.21 Å². The first kappa shape index (κ1) is 8.66. The maximum absolute atomic E-state index is 10.5. The summed E-state index contributed by atoms with van der Waals surface area (Å²) in [5.74, 6) is 0. The zero-order valence-corrected chi connectivity index (χ0v) is 6.14. The van der Waals surface area contributed by atoms with E-state index in [1.54, 1.807) is 12.1 Å². The maximum atomic E-state index is 10.5. The van der Waals surface area contributed by atoms with Crippen LogP contribution in [0.1, 0.15) is 5.56 Å². The molecule has 12 heavy (non-hydrogen) atoms. The Morgan fingerprint density at radius 3 is 2.83 bits per heavy atom. The van der Waals surface area contributed by atoms with Crippen LogP contribution in [0.4, 0.5) is 5.69 Å². The highest BCUT2D eigenvalue weighted by Gasteiger charge is 1.98. The smallest absolute Gasteiger partial charge is 0.164 e. The minimum absolute atomic E-state index is 0.174. The van der Waals surface area contributed by atoms with E-state index >= 15 is 0 Å². The van der Waals surface area contributed by atoms with Crippen LogP contribution in [0.25, 0.3) is 0 Å². The van der Waals surface area contributed by atoms with Gasteiger partial charge in [-0.15, -0.1) is 0 Å². The van der Waals surface area contributed by atoms with Gasteiger partial charge in [0.05, 0.1) is 6.21 Å². The van der Waals surface area contributed by atoms with Crippen molar-refractivity contribution in [3.63, 3.8) is 0 Å².